The van der Waals surface area contributed by atoms with Crippen molar-refractivity contribution in [2.75, 3.05) is 26.8 Å². The van der Waals surface area contributed by atoms with Gasteiger partial charge in [0.05, 0.1) is 19.8 Å². The predicted molar refractivity (Wildman–Crippen MR) is 101 cm³/mol. The van der Waals surface area contributed by atoms with Gasteiger partial charge in [-0.15, -0.1) is 12.4 Å². The van der Waals surface area contributed by atoms with E-state index in [-0.39, 0.29) is 35.9 Å². The summed E-state index contributed by atoms with van der Waals surface area (Å²) in [4.78, 5) is 12.6. The van der Waals surface area contributed by atoms with E-state index in [1.165, 1.54) is 18.4 Å². The van der Waals surface area contributed by atoms with Crippen LogP contribution in [-0.2, 0) is 14.9 Å². The number of hydrogen-bond donors (Lipinski definition) is 2. The Morgan fingerprint density at radius 3 is 2.84 bits per heavy atom. The van der Waals surface area contributed by atoms with Crippen molar-refractivity contribution in [2.24, 2.45) is 0 Å². The largest absolute Gasteiger partial charge is 0.497 e. The van der Waals surface area contributed by atoms with E-state index >= 15 is 0 Å². The van der Waals surface area contributed by atoms with E-state index in [9.17, 15) is 4.79 Å². The average molecular weight is 369 g/mol. The number of methoxy groups -OCH3 is 1. The third kappa shape index (κ3) is 4.46. The molecule has 1 aromatic carbocycles. The van der Waals surface area contributed by atoms with Gasteiger partial charge in [-0.2, -0.15) is 0 Å². The SMILES string of the molecule is COc1cccc(C2(CNC(=O)[C@H]3NCCO[C@@H]3C)CCCC2)c1.Cl. The molecule has 1 aromatic rings. The lowest BCUT2D eigenvalue weighted by Crippen LogP contribution is -2.56. The summed E-state index contributed by atoms with van der Waals surface area (Å²) in [6.45, 7) is 4.01. The Labute approximate surface area is 156 Å². The van der Waals surface area contributed by atoms with E-state index in [4.69, 9.17) is 9.47 Å². The lowest BCUT2D eigenvalue weighted by Gasteiger charge is -2.33. The second kappa shape index (κ2) is 8.88. The van der Waals surface area contributed by atoms with Crippen LogP contribution < -0.4 is 15.4 Å². The van der Waals surface area contributed by atoms with Gasteiger partial charge in [0.25, 0.3) is 0 Å². The molecular weight excluding hydrogens is 340 g/mol. The first-order chi connectivity index (χ1) is 11.6. The van der Waals surface area contributed by atoms with Crippen LogP contribution in [0, 0.1) is 0 Å². The second-order valence-corrected chi connectivity index (χ2v) is 6.94. The maximum atomic E-state index is 12.6. The molecule has 140 valence electrons. The topological polar surface area (TPSA) is 59.6 Å². The van der Waals surface area contributed by atoms with Crippen molar-refractivity contribution in [3.8, 4) is 5.75 Å². The van der Waals surface area contributed by atoms with Crippen LogP contribution in [0.1, 0.15) is 38.2 Å². The number of carbonyl (C=O) groups excluding carboxylic acids is 1. The Balaban J connectivity index is 0.00000225. The number of benzene rings is 1. The molecule has 0 spiro atoms. The van der Waals surface area contributed by atoms with Gasteiger partial charge in [-0.25, -0.2) is 0 Å². The van der Waals surface area contributed by atoms with Gasteiger partial charge in [0.2, 0.25) is 5.91 Å². The maximum Gasteiger partial charge on any atom is 0.239 e. The fraction of sp³-hybridized carbons (Fsp3) is 0.632. The van der Waals surface area contributed by atoms with Crippen molar-refractivity contribution in [1.29, 1.82) is 0 Å². The van der Waals surface area contributed by atoms with Crippen molar-refractivity contribution in [3.05, 3.63) is 29.8 Å². The molecule has 3 rings (SSSR count). The highest BCUT2D eigenvalue weighted by Gasteiger charge is 2.37. The lowest BCUT2D eigenvalue weighted by atomic mass is 9.78. The summed E-state index contributed by atoms with van der Waals surface area (Å²) in [7, 11) is 1.69. The standard InChI is InChI=1S/C19H28N2O3.ClH/c1-14-17(20-10-11-24-14)18(22)21-13-19(8-3-4-9-19)15-6-5-7-16(12-15)23-2;/h5-7,12,14,17,20H,3-4,8-11,13H2,1-2H3,(H,21,22);1H/t14-,17+;/m1./s1. The third-order valence-electron chi connectivity index (χ3n) is 5.44. The molecule has 2 aliphatic rings. The fourth-order valence-corrected chi connectivity index (χ4v) is 3.97. The van der Waals surface area contributed by atoms with Crippen molar-refractivity contribution < 1.29 is 14.3 Å². The van der Waals surface area contributed by atoms with Crippen LogP contribution in [0.2, 0.25) is 0 Å². The van der Waals surface area contributed by atoms with Crippen molar-refractivity contribution in [1.82, 2.24) is 10.6 Å². The molecule has 1 aliphatic heterocycles. The molecule has 0 bridgehead atoms. The highest BCUT2D eigenvalue weighted by Crippen LogP contribution is 2.41. The summed E-state index contributed by atoms with van der Waals surface area (Å²) in [5, 5.41) is 6.44. The lowest BCUT2D eigenvalue weighted by molar-refractivity contribution is -0.129. The summed E-state index contributed by atoms with van der Waals surface area (Å²) in [5.41, 5.74) is 1.28. The van der Waals surface area contributed by atoms with Crippen LogP contribution in [-0.4, -0.2) is 44.9 Å². The van der Waals surface area contributed by atoms with Gasteiger partial charge in [0, 0.05) is 18.5 Å². The molecule has 5 nitrogen and oxygen atoms in total. The minimum Gasteiger partial charge on any atom is -0.497 e. The highest BCUT2D eigenvalue weighted by molar-refractivity contribution is 5.85. The zero-order valence-corrected chi connectivity index (χ0v) is 15.9. The summed E-state index contributed by atoms with van der Waals surface area (Å²) >= 11 is 0. The fourth-order valence-electron chi connectivity index (χ4n) is 3.97. The average Bonchev–Trinajstić information content (AvgIpc) is 3.10. The smallest absolute Gasteiger partial charge is 0.239 e. The van der Waals surface area contributed by atoms with Crippen molar-refractivity contribution in [2.45, 2.75) is 50.2 Å². The maximum absolute atomic E-state index is 12.6. The molecule has 0 unspecified atom stereocenters. The summed E-state index contributed by atoms with van der Waals surface area (Å²) in [5.74, 6) is 0.914. The van der Waals surface area contributed by atoms with Gasteiger partial charge in [-0.1, -0.05) is 25.0 Å². The number of ether oxygens (including phenoxy) is 2. The van der Waals surface area contributed by atoms with Crippen LogP contribution in [0.25, 0.3) is 0 Å². The summed E-state index contributed by atoms with van der Waals surface area (Å²) in [6.07, 6.45) is 4.52. The number of rotatable bonds is 5. The molecule has 1 saturated carbocycles. The Kier molecular flexibility index (Phi) is 7.11. The molecule has 2 fully saturated rings. The van der Waals surface area contributed by atoms with Crippen molar-refractivity contribution >= 4 is 18.3 Å². The Hall–Kier alpha value is -1.30. The highest BCUT2D eigenvalue weighted by atomic mass is 35.5. The summed E-state index contributed by atoms with van der Waals surface area (Å²) < 4.78 is 11.0. The minimum atomic E-state index is -0.262. The van der Waals surface area contributed by atoms with Gasteiger partial charge < -0.3 is 20.1 Å². The van der Waals surface area contributed by atoms with Crippen LogP contribution in [0.15, 0.2) is 24.3 Å². The van der Waals surface area contributed by atoms with E-state index in [1.54, 1.807) is 7.11 Å². The monoisotopic (exact) mass is 368 g/mol. The van der Waals surface area contributed by atoms with Gasteiger partial charge in [-0.3, -0.25) is 4.79 Å². The molecule has 2 atom stereocenters. The van der Waals surface area contributed by atoms with Gasteiger partial charge in [0.1, 0.15) is 11.8 Å². The number of hydrogen-bond acceptors (Lipinski definition) is 4. The molecule has 0 radical (unpaired) electrons. The predicted octanol–water partition coefficient (Wildman–Crippen LogP) is 2.42. The van der Waals surface area contributed by atoms with E-state index in [2.05, 4.69) is 22.8 Å². The van der Waals surface area contributed by atoms with Crippen LogP contribution in [0.3, 0.4) is 0 Å². The van der Waals surface area contributed by atoms with E-state index in [0.717, 1.165) is 25.1 Å². The van der Waals surface area contributed by atoms with Crippen LogP contribution in [0.4, 0.5) is 0 Å². The van der Waals surface area contributed by atoms with Gasteiger partial charge >= 0.3 is 0 Å². The molecular formula is C19H29ClN2O3. The Morgan fingerprint density at radius 1 is 1.40 bits per heavy atom. The third-order valence-corrected chi connectivity index (χ3v) is 5.44. The molecule has 1 heterocycles. The quantitative estimate of drug-likeness (QED) is 0.838. The minimum absolute atomic E-state index is 0. The number of halogens is 1. The first-order valence-corrected chi connectivity index (χ1v) is 8.92. The van der Waals surface area contributed by atoms with E-state index in [1.807, 2.05) is 19.1 Å². The van der Waals surface area contributed by atoms with Crippen LogP contribution >= 0.6 is 12.4 Å². The first kappa shape index (κ1) is 20.0. The summed E-state index contributed by atoms with van der Waals surface area (Å²) in [6, 6.07) is 8.01. The molecule has 6 heteroatoms. The zero-order valence-electron chi connectivity index (χ0n) is 15.0. The molecule has 1 saturated heterocycles. The number of nitrogens with one attached hydrogen (secondary N) is 2. The number of amides is 1. The van der Waals surface area contributed by atoms with Gasteiger partial charge in [-0.05, 0) is 37.5 Å². The van der Waals surface area contributed by atoms with Crippen molar-refractivity contribution in [3.63, 3.8) is 0 Å². The number of carbonyl (C=O) groups is 1. The second-order valence-electron chi connectivity index (χ2n) is 6.94. The molecule has 25 heavy (non-hydrogen) atoms. The molecule has 1 amide bonds. The molecule has 0 aromatic heterocycles. The number of morpholine rings is 1. The molecule has 1 aliphatic carbocycles. The first-order valence-electron chi connectivity index (χ1n) is 8.92. The van der Waals surface area contributed by atoms with Gasteiger partial charge in [0.15, 0.2) is 0 Å². The Morgan fingerprint density at radius 2 is 2.16 bits per heavy atom. The van der Waals surface area contributed by atoms with E-state index in [0.29, 0.717) is 13.2 Å². The van der Waals surface area contributed by atoms with E-state index < -0.39 is 0 Å². The molecule has 2 N–H and O–H groups in total. The normalized spacial score (nSPS) is 25.0. The Bertz CT molecular complexity index is 576. The zero-order chi connectivity index (χ0) is 17.0. The van der Waals surface area contributed by atoms with Crippen LogP contribution in [0.5, 0.6) is 5.75 Å².